The molecule has 0 radical (unpaired) electrons. The lowest BCUT2D eigenvalue weighted by Crippen LogP contribution is -2.51. The number of amides is 4. The Balaban J connectivity index is 1.45. The minimum absolute atomic E-state index is 0.0421. The summed E-state index contributed by atoms with van der Waals surface area (Å²) in [5, 5.41) is 11.9. The normalized spacial score (nSPS) is 13.4. The molecule has 416 valence electrons. The second kappa shape index (κ2) is 38.9. The molecule has 0 saturated carbocycles. The number of carbonyl (C=O) groups excluding carboxylic acids is 5. The summed E-state index contributed by atoms with van der Waals surface area (Å²) in [4.78, 5) is 79.3. The number of carbonyl (C=O) groups is 5. The van der Waals surface area contributed by atoms with E-state index < -0.39 is 44.9 Å². The predicted octanol–water partition coefficient (Wildman–Crippen LogP) is 12.1. The number of ether oxygens (including phenoxy) is 1. The third-order valence-electron chi connectivity index (χ3n) is 13.6. The molecular formula is C58H94N5O10P. The van der Waals surface area contributed by atoms with Crippen LogP contribution in [0.3, 0.4) is 0 Å². The van der Waals surface area contributed by atoms with Crippen LogP contribution in [0.25, 0.3) is 22.0 Å². The summed E-state index contributed by atoms with van der Waals surface area (Å²) in [5.74, 6) is -2.34. The highest BCUT2D eigenvalue weighted by Crippen LogP contribution is 2.43. The van der Waals surface area contributed by atoms with Crippen molar-refractivity contribution in [3.05, 3.63) is 60.3 Å². The maximum absolute atomic E-state index is 13.4. The molecule has 4 amide bonds. The standard InChI is InChI=1S/C58H94N5O10P/c1-5-8-10-12-14-16-17-18-19-21-22-24-29-34-53(64)62-52(57(67)59-38-31-40-71-55(66)35-30-25-23-20-15-13-11-9-6-2)45-73-74(69,70)72-41-39-60-58(68)56(46(4)7-3)63-54(65)43-49-44-61-51-37-36-48(42-50(49)51)47-32-27-26-28-33-47/h26-28,32-33,36-37,42,44,46,52,56,61H,5-25,29-31,34-35,38-41,43,45H2,1-4H3,(H,59,67)(H,60,68)(H,62,64)(H,63,65)(H,69,70). The van der Waals surface area contributed by atoms with Crippen LogP contribution in [0, 0.1) is 5.92 Å². The SMILES string of the molecule is CCCCCCCCCCCCCCCC(=O)NC(COP(=O)(O)OCCNC(=O)C(NC(=O)Cc1c[nH]c2ccc(-c3ccccc3)cc12)C(C)CC)C(=O)NCCCOC(=O)CCCCCCCCCCC. The van der Waals surface area contributed by atoms with E-state index in [0.29, 0.717) is 25.7 Å². The van der Waals surface area contributed by atoms with Gasteiger partial charge in [0.05, 0.1) is 26.2 Å². The number of esters is 1. The van der Waals surface area contributed by atoms with Crippen LogP contribution in [0.15, 0.2) is 54.7 Å². The molecule has 15 nitrogen and oxygen atoms in total. The molecule has 2 aromatic carbocycles. The largest absolute Gasteiger partial charge is 0.472 e. The summed E-state index contributed by atoms with van der Waals surface area (Å²) in [5.41, 5.74) is 3.76. The summed E-state index contributed by atoms with van der Waals surface area (Å²) < 4.78 is 28.8. The lowest BCUT2D eigenvalue weighted by molar-refractivity contribution is -0.143. The zero-order chi connectivity index (χ0) is 53.7. The van der Waals surface area contributed by atoms with Crippen molar-refractivity contribution >= 4 is 48.3 Å². The van der Waals surface area contributed by atoms with Crippen LogP contribution in [-0.4, -0.2) is 84.5 Å². The number of nitrogens with one attached hydrogen (secondary N) is 5. The maximum Gasteiger partial charge on any atom is 0.472 e. The summed E-state index contributed by atoms with van der Waals surface area (Å²) in [6.07, 6.45) is 28.8. The molecule has 0 aliphatic carbocycles. The van der Waals surface area contributed by atoms with Crippen LogP contribution < -0.4 is 21.3 Å². The molecule has 4 unspecified atom stereocenters. The molecule has 0 bridgehead atoms. The first-order valence-corrected chi connectivity index (χ1v) is 29.9. The number of hydrogen-bond donors (Lipinski definition) is 6. The fourth-order valence-electron chi connectivity index (χ4n) is 8.88. The molecule has 1 heterocycles. The Hall–Kier alpha value is -4.56. The van der Waals surface area contributed by atoms with Gasteiger partial charge in [0.1, 0.15) is 12.1 Å². The highest BCUT2D eigenvalue weighted by Gasteiger charge is 2.29. The number of phosphoric ester groups is 1. The van der Waals surface area contributed by atoms with Gasteiger partial charge in [-0.15, -0.1) is 0 Å². The first-order chi connectivity index (χ1) is 35.9. The molecule has 1 aromatic heterocycles. The van der Waals surface area contributed by atoms with E-state index in [1.54, 1.807) is 6.20 Å². The predicted molar refractivity (Wildman–Crippen MR) is 296 cm³/mol. The molecule has 3 rings (SSSR count). The number of aromatic amines is 1. The van der Waals surface area contributed by atoms with Crippen molar-refractivity contribution in [3.63, 3.8) is 0 Å². The summed E-state index contributed by atoms with van der Waals surface area (Å²) in [6.45, 7) is 7.21. The second-order valence-corrected chi connectivity index (χ2v) is 21.4. The second-order valence-electron chi connectivity index (χ2n) is 20.0. The maximum atomic E-state index is 13.4. The molecule has 16 heteroatoms. The Morgan fingerprint density at radius 1 is 0.608 bits per heavy atom. The van der Waals surface area contributed by atoms with Gasteiger partial charge >= 0.3 is 13.8 Å². The van der Waals surface area contributed by atoms with Crippen molar-refractivity contribution in [2.75, 3.05) is 32.9 Å². The number of hydrogen-bond acceptors (Lipinski definition) is 9. The Bertz CT molecular complexity index is 2080. The van der Waals surface area contributed by atoms with E-state index in [0.717, 1.165) is 66.1 Å². The van der Waals surface area contributed by atoms with Gasteiger partial charge in [-0.05, 0) is 54.0 Å². The van der Waals surface area contributed by atoms with Gasteiger partial charge in [-0.3, -0.25) is 33.0 Å². The molecular weight excluding hydrogens is 958 g/mol. The van der Waals surface area contributed by atoms with Crippen molar-refractivity contribution in [1.29, 1.82) is 0 Å². The van der Waals surface area contributed by atoms with Gasteiger partial charge in [0.25, 0.3) is 0 Å². The van der Waals surface area contributed by atoms with Gasteiger partial charge in [0, 0.05) is 43.0 Å². The molecule has 4 atom stereocenters. The van der Waals surface area contributed by atoms with Gasteiger partial charge in [0.15, 0.2) is 0 Å². The monoisotopic (exact) mass is 1050 g/mol. The lowest BCUT2D eigenvalue weighted by Gasteiger charge is -2.24. The zero-order valence-electron chi connectivity index (χ0n) is 45.6. The minimum atomic E-state index is -4.77. The average molecular weight is 1050 g/mol. The van der Waals surface area contributed by atoms with E-state index in [4.69, 9.17) is 13.8 Å². The van der Waals surface area contributed by atoms with E-state index in [1.165, 1.54) is 96.3 Å². The van der Waals surface area contributed by atoms with E-state index in [-0.39, 0.29) is 56.2 Å². The van der Waals surface area contributed by atoms with Gasteiger partial charge in [0.2, 0.25) is 23.6 Å². The van der Waals surface area contributed by atoms with Gasteiger partial charge in [-0.2, -0.15) is 0 Å². The fourth-order valence-corrected chi connectivity index (χ4v) is 9.62. The van der Waals surface area contributed by atoms with E-state index in [9.17, 15) is 33.4 Å². The number of H-pyrrole nitrogens is 1. The first-order valence-electron chi connectivity index (χ1n) is 28.4. The molecule has 0 aliphatic heterocycles. The molecule has 3 aromatic rings. The molecule has 74 heavy (non-hydrogen) atoms. The summed E-state index contributed by atoms with van der Waals surface area (Å²) in [7, 11) is -4.77. The van der Waals surface area contributed by atoms with Crippen LogP contribution in [0.2, 0.25) is 0 Å². The van der Waals surface area contributed by atoms with Crippen LogP contribution in [0.1, 0.15) is 200 Å². The van der Waals surface area contributed by atoms with Crippen LogP contribution in [0.5, 0.6) is 0 Å². The molecule has 0 aliphatic rings. The molecule has 0 fully saturated rings. The summed E-state index contributed by atoms with van der Waals surface area (Å²) in [6, 6.07) is 13.8. The first kappa shape index (κ1) is 63.7. The van der Waals surface area contributed by atoms with Crippen molar-refractivity contribution in [2.45, 2.75) is 213 Å². The highest BCUT2D eigenvalue weighted by molar-refractivity contribution is 7.47. The van der Waals surface area contributed by atoms with E-state index in [1.807, 2.05) is 62.4 Å². The van der Waals surface area contributed by atoms with Gasteiger partial charge in [-0.25, -0.2) is 4.57 Å². The smallest absolute Gasteiger partial charge is 0.466 e. The number of unbranched alkanes of at least 4 members (excludes halogenated alkanes) is 20. The number of rotatable bonds is 44. The van der Waals surface area contributed by atoms with Gasteiger partial charge in [-0.1, -0.05) is 199 Å². The van der Waals surface area contributed by atoms with E-state index >= 15 is 0 Å². The number of aromatic nitrogens is 1. The van der Waals surface area contributed by atoms with Crippen LogP contribution in [0.4, 0.5) is 0 Å². The van der Waals surface area contributed by atoms with Crippen LogP contribution in [-0.2, 0) is 48.7 Å². The van der Waals surface area contributed by atoms with Gasteiger partial charge < -0.3 is 35.9 Å². The molecule has 0 spiro atoms. The Morgan fingerprint density at radius 3 is 1.77 bits per heavy atom. The molecule has 0 saturated heterocycles. The third kappa shape index (κ3) is 27.8. The lowest BCUT2D eigenvalue weighted by atomic mass is 9.97. The minimum Gasteiger partial charge on any atom is -0.466 e. The number of benzene rings is 2. The summed E-state index contributed by atoms with van der Waals surface area (Å²) >= 11 is 0. The Labute approximate surface area is 443 Å². The topological polar surface area (TPSA) is 214 Å². The average Bonchev–Trinajstić information content (AvgIpc) is 3.79. The fraction of sp³-hybridized carbons (Fsp3) is 0.672. The number of fused-ring (bicyclic) bond motifs is 1. The van der Waals surface area contributed by atoms with E-state index in [2.05, 4.69) is 40.1 Å². The third-order valence-corrected chi connectivity index (χ3v) is 14.6. The molecule has 6 N–H and O–H groups in total. The van der Waals surface area contributed by atoms with Crippen molar-refractivity contribution in [3.8, 4) is 11.1 Å². The van der Waals surface area contributed by atoms with Crippen LogP contribution >= 0.6 is 7.82 Å². The Morgan fingerprint density at radius 2 is 1.18 bits per heavy atom. The van der Waals surface area contributed by atoms with Crippen molar-refractivity contribution in [2.24, 2.45) is 5.92 Å². The Kier molecular flexibility index (Phi) is 33.5. The quantitative estimate of drug-likeness (QED) is 0.0179. The number of phosphoric acid groups is 1. The van der Waals surface area contributed by atoms with Crippen molar-refractivity contribution in [1.82, 2.24) is 26.3 Å². The zero-order valence-corrected chi connectivity index (χ0v) is 46.5. The van der Waals surface area contributed by atoms with Crippen molar-refractivity contribution < 1.29 is 47.2 Å². The highest BCUT2D eigenvalue weighted by atomic mass is 31.2.